The molecule has 1 amide bonds. The molecular weight excluding hydrogens is 318 g/mol. The third-order valence-electron chi connectivity index (χ3n) is 4.04. The number of hydrogen-bond acceptors (Lipinski definition) is 3. The van der Waals surface area contributed by atoms with Crippen LogP contribution in [-0.2, 0) is 0 Å². The summed E-state index contributed by atoms with van der Waals surface area (Å²) in [7, 11) is 0. The lowest BCUT2D eigenvalue weighted by molar-refractivity contribution is 0.0933. The Kier molecular flexibility index (Phi) is 5.20. The summed E-state index contributed by atoms with van der Waals surface area (Å²) in [5, 5.41) is 3.14. The number of para-hydroxylation sites is 2. The van der Waals surface area contributed by atoms with Crippen molar-refractivity contribution < 1.29 is 4.79 Å². The third kappa shape index (κ3) is 3.62. The van der Waals surface area contributed by atoms with Crippen LogP contribution in [-0.4, -0.2) is 27.9 Å². The van der Waals surface area contributed by atoms with Crippen LogP contribution in [0.3, 0.4) is 0 Å². The first-order valence-corrected chi connectivity index (χ1v) is 9.38. The van der Waals surface area contributed by atoms with Crippen LogP contribution >= 0.6 is 11.8 Å². The van der Waals surface area contributed by atoms with Crippen molar-refractivity contribution in [1.82, 2.24) is 15.3 Å². The van der Waals surface area contributed by atoms with E-state index in [1.165, 1.54) is 0 Å². The first kappa shape index (κ1) is 16.6. The van der Waals surface area contributed by atoms with Crippen LogP contribution in [0.5, 0.6) is 0 Å². The van der Waals surface area contributed by atoms with E-state index in [2.05, 4.69) is 21.5 Å². The number of imidazole rings is 1. The minimum Gasteiger partial charge on any atom is -0.342 e. The molecule has 4 nitrogen and oxygen atoms in total. The molecule has 0 spiro atoms. The zero-order valence-corrected chi connectivity index (χ0v) is 14.7. The van der Waals surface area contributed by atoms with Crippen LogP contribution in [0.2, 0.25) is 0 Å². The monoisotopic (exact) mass is 339 g/mol. The van der Waals surface area contributed by atoms with Gasteiger partial charge in [0.25, 0.3) is 5.91 Å². The largest absolute Gasteiger partial charge is 0.342 e. The van der Waals surface area contributed by atoms with Gasteiger partial charge in [-0.15, -0.1) is 0 Å². The van der Waals surface area contributed by atoms with Crippen molar-refractivity contribution in [2.45, 2.75) is 19.4 Å². The van der Waals surface area contributed by atoms with E-state index < -0.39 is 0 Å². The van der Waals surface area contributed by atoms with Gasteiger partial charge in [0.05, 0.1) is 17.1 Å². The number of nitrogens with one attached hydrogen (secondary N) is 2. The van der Waals surface area contributed by atoms with Crippen molar-refractivity contribution in [3.63, 3.8) is 0 Å². The number of fused-ring (bicyclic) bond motifs is 1. The summed E-state index contributed by atoms with van der Waals surface area (Å²) in [6.07, 6.45) is 2.90. The summed E-state index contributed by atoms with van der Waals surface area (Å²) in [6, 6.07) is 15.4. The number of aromatic amines is 1. The number of rotatable bonds is 6. The van der Waals surface area contributed by atoms with E-state index in [-0.39, 0.29) is 11.9 Å². The average Bonchev–Trinajstić information content (AvgIpc) is 3.02. The van der Waals surface area contributed by atoms with Gasteiger partial charge in [0.1, 0.15) is 5.82 Å². The Morgan fingerprint density at radius 2 is 1.96 bits per heavy atom. The topological polar surface area (TPSA) is 57.8 Å². The van der Waals surface area contributed by atoms with Crippen molar-refractivity contribution in [3.05, 3.63) is 65.5 Å². The fourth-order valence-electron chi connectivity index (χ4n) is 2.71. The summed E-state index contributed by atoms with van der Waals surface area (Å²) in [5.74, 6) is 1.71. The third-order valence-corrected chi connectivity index (χ3v) is 4.69. The fourth-order valence-corrected chi connectivity index (χ4v) is 3.19. The van der Waals surface area contributed by atoms with E-state index in [1.54, 1.807) is 11.8 Å². The number of benzene rings is 2. The molecule has 0 aliphatic heterocycles. The normalized spacial score (nSPS) is 12.2. The Morgan fingerprint density at radius 1 is 1.21 bits per heavy atom. The number of aromatic nitrogens is 2. The van der Waals surface area contributed by atoms with Crippen molar-refractivity contribution in [3.8, 4) is 0 Å². The summed E-state index contributed by atoms with van der Waals surface area (Å²) >= 11 is 1.76. The van der Waals surface area contributed by atoms with Crippen LogP contribution in [0.15, 0.2) is 48.5 Å². The van der Waals surface area contributed by atoms with E-state index >= 15 is 0 Å². The van der Waals surface area contributed by atoms with Crippen LogP contribution < -0.4 is 5.32 Å². The summed E-state index contributed by atoms with van der Waals surface area (Å²) in [6.45, 7) is 1.95. The molecular formula is C19H21N3OS. The SMILES string of the molecule is CSCC[C@H](NC(=O)c1ccccc1C)c1nc2ccccc2[nH]1. The number of carbonyl (C=O) groups is 1. The van der Waals surface area contributed by atoms with Gasteiger partial charge >= 0.3 is 0 Å². The molecule has 3 aromatic rings. The molecule has 124 valence electrons. The van der Waals surface area contributed by atoms with Crippen LogP contribution in [0.4, 0.5) is 0 Å². The molecule has 0 fully saturated rings. The van der Waals surface area contributed by atoms with Gasteiger partial charge in [0, 0.05) is 5.56 Å². The Morgan fingerprint density at radius 3 is 2.71 bits per heavy atom. The van der Waals surface area contributed by atoms with Gasteiger partial charge in [-0.25, -0.2) is 4.98 Å². The smallest absolute Gasteiger partial charge is 0.252 e. The molecule has 0 unspecified atom stereocenters. The zero-order chi connectivity index (χ0) is 16.9. The molecule has 0 saturated carbocycles. The highest BCUT2D eigenvalue weighted by atomic mass is 32.2. The predicted octanol–water partition coefficient (Wildman–Crippen LogP) is 4.10. The Hall–Kier alpha value is -2.27. The van der Waals surface area contributed by atoms with Gasteiger partial charge in [0.2, 0.25) is 0 Å². The Labute approximate surface area is 146 Å². The molecule has 0 aliphatic rings. The average molecular weight is 339 g/mol. The number of carbonyl (C=O) groups excluding carboxylic acids is 1. The standard InChI is InChI=1S/C19H21N3OS/c1-13-7-3-4-8-14(13)19(23)22-17(11-12-24-2)18-20-15-9-5-6-10-16(15)21-18/h3-10,17H,11-12H2,1-2H3,(H,20,21)(H,22,23)/t17-/m0/s1. The van der Waals surface area contributed by atoms with Gasteiger partial charge < -0.3 is 10.3 Å². The number of hydrogen-bond donors (Lipinski definition) is 2. The van der Waals surface area contributed by atoms with Crippen molar-refractivity contribution in [1.29, 1.82) is 0 Å². The lowest BCUT2D eigenvalue weighted by Crippen LogP contribution is -2.30. The highest BCUT2D eigenvalue weighted by molar-refractivity contribution is 7.98. The van der Waals surface area contributed by atoms with E-state index in [0.717, 1.165) is 34.6 Å². The molecule has 1 heterocycles. The molecule has 0 radical (unpaired) electrons. The number of nitrogens with zero attached hydrogens (tertiary/aromatic N) is 1. The van der Waals surface area contributed by atoms with Crippen molar-refractivity contribution in [2.24, 2.45) is 0 Å². The predicted molar refractivity (Wildman–Crippen MR) is 100 cm³/mol. The number of H-pyrrole nitrogens is 1. The molecule has 1 aromatic heterocycles. The van der Waals surface area contributed by atoms with E-state index in [4.69, 9.17) is 0 Å². The van der Waals surface area contributed by atoms with E-state index in [9.17, 15) is 4.79 Å². The molecule has 2 aromatic carbocycles. The molecule has 0 saturated heterocycles. The molecule has 2 N–H and O–H groups in total. The van der Waals surface area contributed by atoms with Crippen LogP contribution in [0.25, 0.3) is 11.0 Å². The molecule has 0 aliphatic carbocycles. The second-order valence-corrected chi connectivity index (χ2v) is 6.75. The molecule has 0 bridgehead atoms. The number of aryl methyl sites for hydroxylation is 1. The van der Waals surface area contributed by atoms with Gasteiger partial charge in [0.15, 0.2) is 0 Å². The second-order valence-electron chi connectivity index (χ2n) is 5.76. The zero-order valence-electron chi connectivity index (χ0n) is 13.9. The maximum Gasteiger partial charge on any atom is 0.252 e. The van der Waals surface area contributed by atoms with Gasteiger partial charge in [-0.05, 0) is 49.1 Å². The lowest BCUT2D eigenvalue weighted by Gasteiger charge is -2.17. The lowest BCUT2D eigenvalue weighted by atomic mass is 10.1. The van der Waals surface area contributed by atoms with Crippen molar-refractivity contribution >= 4 is 28.7 Å². The van der Waals surface area contributed by atoms with E-state index in [0.29, 0.717) is 5.56 Å². The highest BCUT2D eigenvalue weighted by Gasteiger charge is 2.19. The van der Waals surface area contributed by atoms with Crippen LogP contribution in [0, 0.1) is 6.92 Å². The highest BCUT2D eigenvalue weighted by Crippen LogP contribution is 2.21. The second kappa shape index (κ2) is 7.53. The van der Waals surface area contributed by atoms with E-state index in [1.807, 2.05) is 55.5 Å². The quantitative estimate of drug-likeness (QED) is 0.711. The molecule has 3 rings (SSSR count). The first-order chi connectivity index (χ1) is 11.7. The Bertz CT molecular complexity index is 810. The van der Waals surface area contributed by atoms with Crippen molar-refractivity contribution in [2.75, 3.05) is 12.0 Å². The number of thioether (sulfide) groups is 1. The minimum absolute atomic E-state index is 0.0559. The maximum atomic E-state index is 12.7. The van der Waals surface area contributed by atoms with Gasteiger partial charge in [-0.2, -0.15) is 11.8 Å². The fraction of sp³-hybridized carbons (Fsp3) is 0.263. The summed E-state index contributed by atoms with van der Waals surface area (Å²) in [4.78, 5) is 20.7. The minimum atomic E-state index is -0.128. The Balaban J connectivity index is 1.86. The maximum absolute atomic E-state index is 12.7. The first-order valence-electron chi connectivity index (χ1n) is 7.99. The van der Waals surface area contributed by atoms with Gasteiger partial charge in [-0.3, -0.25) is 4.79 Å². The molecule has 24 heavy (non-hydrogen) atoms. The molecule has 1 atom stereocenters. The summed E-state index contributed by atoms with van der Waals surface area (Å²) < 4.78 is 0. The van der Waals surface area contributed by atoms with Gasteiger partial charge in [-0.1, -0.05) is 30.3 Å². The number of amides is 1. The molecule has 5 heteroatoms. The summed E-state index contributed by atoms with van der Waals surface area (Å²) in [5.41, 5.74) is 3.60. The van der Waals surface area contributed by atoms with Crippen LogP contribution in [0.1, 0.15) is 34.2 Å².